The zero-order chi connectivity index (χ0) is 17.6. The van der Waals surface area contributed by atoms with E-state index in [0.717, 1.165) is 35.4 Å². The highest BCUT2D eigenvalue weighted by atomic mass is 16.5. The predicted molar refractivity (Wildman–Crippen MR) is 97.8 cm³/mol. The average Bonchev–Trinajstić information content (AvgIpc) is 3.02. The van der Waals surface area contributed by atoms with Crippen molar-refractivity contribution in [2.45, 2.75) is 32.7 Å². The number of rotatable bonds is 2. The Hall–Kier alpha value is -2.62. The van der Waals surface area contributed by atoms with E-state index in [1.54, 1.807) is 19.0 Å². The van der Waals surface area contributed by atoms with E-state index in [0.29, 0.717) is 0 Å². The van der Waals surface area contributed by atoms with Crippen LogP contribution in [-0.2, 0) is 11.2 Å². The number of carbonyl (C=O) groups is 1. The quantitative estimate of drug-likeness (QED) is 0.836. The van der Waals surface area contributed by atoms with Crippen molar-refractivity contribution in [3.8, 4) is 5.75 Å². The van der Waals surface area contributed by atoms with Crippen LogP contribution in [0.1, 0.15) is 41.6 Å². The molecule has 0 unspecified atom stereocenters. The van der Waals surface area contributed by atoms with Gasteiger partial charge in [-0.1, -0.05) is 35.9 Å². The Labute approximate surface area is 148 Å². The summed E-state index contributed by atoms with van der Waals surface area (Å²) in [5.74, 6) is 1.04. The fraction of sp³-hybridized carbons (Fsp3) is 0.333. The smallest absolute Gasteiger partial charge is 0.240 e. The van der Waals surface area contributed by atoms with Gasteiger partial charge in [-0.15, -0.1) is 0 Å². The molecule has 0 radical (unpaired) electrons. The van der Waals surface area contributed by atoms with Crippen molar-refractivity contribution in [2.24, 2.45) is 11.0 Å². The summed E-state index contributed by atoms with van der Waals surface area (Å²) in [5.41, 5.74) is 5.79. The minimum absolute atomic E-state index is 0.0167. The monoisotopic (exact) mass is 334 g/mol. The topological polar surface area (TPSA) is 41.9 Å². The lowest BCUT2D eigenvalue weighted by atomic mass is 9.77. The maximum atomic E-state index is 12.3. The molecule has 2 aliphatic rings. The molecule has 0 N–H and O–H groups in total. The molecule has 1 aliphatic carbocycles. The molecule has 25 heavy (non-hydrogen) atoms. The molecule has 4 nitrogen and oxygen atoms in total. The Bertz CT molecular complexity index is 855. The first-order chi connectivity index (χ1) is 12.1. The minimum Gasteiger partial charge on any atom is -0.497 e. The third-order valence-electron chi connectivity index (χ3n) is 5.27. The van der Waals surface area contributed by atoms with Crippen molar-refractivity contribution < 1.29 is 9.53 Å². The fourth-order valence-corrected chi connectivity index (χ4v) is 3.97. The van der Waals surface area contributed by atoms with E-state index in [1.807, 2.05) is 6.07 Å². The summed E-state index contributed by atoms with van der Waals surface area (Å²) in [6, 6.07) is 14.6. The molecule has 128 valence electrons. The molecule has 1 amide bonds. The highest BCUT2D eigenvalue weighted by Gasteiger charge is 2.43. The minimum atomic E-state index is -0.0209. The third-order valence-corrected chi connectivity index (χ3v) is 5.27. The molecule has 0 saturated carbocycles. The molecule has 0 bridgehead atoms. The van der Waals surface area contributed by atoms with Crippen LogP contribution in [0.15, 0.2) is 47.6 Å². The highest BCUT2D eigenvalue weighted by molar-refractivity contribution is 6.07. The van der Waals surface area contributed by atoms with Gasteiger partial charge in [-0.25, -0.2) is 5.01 Å². The van der Waals surface area contributed by atoms with Crippen LogP contribution in [0.4, 0.5) is 0 Å². The standard InChI is InChI=1S/C21H22N2O2/c1-13-4-6-16(7-5-13)21-18-11-9-15-8-10-17(25-3)12-19(15)20(18)22-23(21)14(2)24/h4-8,10,12,18,21H,9,11H2,1-3H3/t18-,21+/m1/s1. The second-order valence-corrected chi connectivity index (χ2v) is 6.87. The number of carbonyl (C=O) groups excluding carboxylic acids is 1. The molecule has 4 rings (SSSR count). The zero-order valence-electron chi connectivity index (χ0n) is 14.8. The van der Waals surface area contributed by atoms with Crippen LogP contribution in [0.2, 0.25) is 0 Å². The van der Waals surface area contributed by atoms with Crippen molar-refractivity contribution in [2.75, 3.05) is 7.11 Å². The van der Waals surface area contributed by atoms with Gasteiger partial charge in [-0.3, -0.25) is 4.79 Å². The van der Waals surface area contributed by atoms with Crippen LogP contribution in [-0.4, -0.2) is 23.7 Å². The Morgan fingerprint density at radius 3 is 2.64 bits per heavy atom. The molecule has 0 saturated heterocycles. The normalized spacial score (nSPS) is 21.4. The van der Waals surface area contributed by atoms with Gasteiger partial charge in [0.25, 0.3) is 0 Å². The molecule has 0 fully saturated rings. The van der Waals surface area contributed by atoms with Crippen LogP contribution >= 0.6 is 0 Å². The van der Waals surface area contributed by atoms with E-state index in [9.17, 15) is 4.79 Å². The van der Waals surface area contributed by atoms with Gasteiger partial charge in [-0.05, 0) is 43.0 Å². The van der Waals surface area contributed by atoms with Gasteiger partial charge < -0.3 is 4.74 Å². The van der Waals surface area contributed by atoms with E-state index in [4.69, 9.17) is 9.84 Å². The molecule has 4 heteroatoms. The molecule has 2 aromatic rings. The lowest BCUT2D eigenvalue weighted by Gasteiger charge is -2.29. The lowest BCUT2D eigenvalue weighted by Crippen LogP contribution is -2.31. The fourth-order valence-electron chi connectivity index (χ4n) is 3.97. The summed E-state index contributed by atoms with van der Waals surface area (Å²) < 4.78 is 5.39. The Morgan fingerprint density at radius 1 is 1.20 bits per heavy atom. The maximum absolute atomic E-state index is 12.3. The molecule has 2 aromatic carbocycles. The summed E-state index contributed by atoms with van der Waals surface area (Å²) in [6.45, 7) is 3.67. The SMILES string of the molecule is COc1ccc2c(c1)C1=NN(C(C)=O)[C@@H](c3ccc(C)cc3)[C@@H]1CC2. The Morgan fingerprint density at radius 2 is 1.96 bits per heavy atom. The molecule has 1 heterocycles. The number of hydrazone groups is 1. The third kappa shape index (κ3) is 2.62. The van der Waals surface area contributed by atoms with Crippen LogP contribution in [0, 0.1) is 12.8 Å². The van der Waals surface area contributed by atoms with E-state index in [2.05, 4.69) is 43.3 Å². The van der Waals surface area contributed by atoms with Crippen LogP contribution in [0.3, 0.4) is 0 Å². The molecule has 2 atom stereocenters. The molecular formula is C21H22N2O2. The van der Waals surface area contributed by atoms with Crippen LogP contribution < -0.4 is 4.74 Å². The number of amides is 1. The number of aryl methyl sites for hydroxylation is 2. The van der Waals surface area contributed by atoms with Gasteiger partial charge in [-0.2, -0.15) is 5.10 Å². The number of hydrogen-bond acceptors (Lipinski definition) is 3. The van der Waals surface area contributed by atoms with E-state index in [-0.39, 0.29) is 17.9 Å². The number of benzene rings is 2. The second kappa shape index (κ2) is 6.03. The average molecular weight is 334 g/mol. The second-order valence-electron chi connectivity index (χ2n) is 6.87. The lowest BCUT2D eigenvalue weighted by molar-refractivity contribution is -0.131. The van der Waals surface area contributed by atoms with Gasteiger partial charge in [0.2, 0.25) is 5.91 Å². The van der Waals surface area contributed by atoms with Gasteiger partial charge >= 0.3 is 0 Å². The number of nitrogens with zero attached hydrogens (tertiary/aromatic N) is 2. The van der Waals surface area contributed by atoms with Crippen molar-refractivity contribution in [3.05, 3.63) is 64.7 Å². The maximum Gasteiger partial charge on any atom is 0.240 e. The highest BCUT2D eigenvalue weighted by Crippen LogP contribution is 2.43. The first kappa shape index (κ1) is 15.9. The van der Waals surface area contributed by atoms with Gasteiger partial charge in [0, 0.05) is 18.4 Å². The van der Waals surface area contributed by atoms with Gasteiger partial charge in [0.1, 0.15) is 5.75 Å². The van der Waals surface area contributed by atoms with Crippen molar-refractivity contribution >= 4 is 11.6 Å². The molecule has 0 spiro atoms. The van der Waals surface area contributed by atoms with E-state index >= 15 is 0 Å². The Balaban J connectivity index is 1.80. The number of ether oxygens (including phenoxy) is 1. The zero-order valence-corrected chi connectivity index (χ0v) is 14.8. The molecule has 1 aliphatic heterocycles. The van der Waals surface area contributed by atoms with Crippen LogP contribution in [0.5, 0.6) is 5.75 Å². The van der Waals surface area contributed by atoms with E-state index < -0.39 is 0 Å². The first-order valence-electron chi connectivity index (χ1n) is 8.70. The Kier molecular flexibility index (Phi) is 3.83. The summed E-state index contributed by atoms with van der Waals surface area (Å²) >= 11 is 0. The van der Waals surface area contributed by atoms with Crippen molar-refractivity contribution in [1.29, 1.82) is 0 Å². The van der Waals surface area contributed by atoms with E-state index in [1.165, 1.54) is 11.1 Å². The van der Waals surface area contributed by atoms with Gasteiger partial charge in [0.15, 0.2) is 0 Å². The summed E-state index contributed by atoms with van der Waals surface area (Å²) in [6.07, 6.45) is 2.00. The summed E-state index contributed by atoms with van der Waals surface area (Å²) in [5, 5.41) is 6.42. The van der Waals surface area contributed by atoms with Crippen molar-refractivity contribution in [1.82, 2.24) is 5.01 Å². The van der Waals surface area contributed by atoms with Crippen LogP contribution in [0.25, 0.3) is 0 Å². The van der Waals surface area contributed by atoms with Crippen molar-refractivity contribution in [3.63, 3.8) is 0 Å². The molecular weight excluding hydrogens is 312 g/mol. The predicted octanol–water partition coefficient (Wildman–Crippen LogP) is 3.87. The summed E-state index contributed by atoms with van der Waals surface area (Å²) in [4.78, 5) is 12.3. The number of hydrogen-bond donors (Lipinski definition) is 0. The first-order valence-corrected chi connectivity index (χ1v) is 8.70. The summed E-state index contributed by atoms with van der Waals surface area (Å²) in [7, 11) is 1.68. The number of methoxy groups -OCH3 is 1. The molecule has 0 aromatic heterocycles. The number of fused-ring (bicyclic) bond motifs is 3. The largest absolute Gasteiger partial charge is 0.497 e. The van der Waals surface area contributed by atoms with Gasteiger partial charge in [0.05, 0.1) is 18.9 Å².